The Labute approximate surface area is 82.8 Å². The van der Waals surface area contributed by atoms with Crippen LogP contribution >= 0.6 is 0 Å². The fraction of sp³-hybridized carbons (Fsp3) is 0.364. The summed E-state index contributed by atoms with van der Waals surface area (Å²) in [5.74, 6) is 0.408. The molecule has 0 atom stereocenters. The molecule has 3 heteroatoms. The van der Waals surface area contributed by atoms with Crippen molar-refractivity contribution in [3.63, 3.8) is 0 Å². The molecular formula is C11H13NO2. The Kier molecular flexibility index (Phi) is 1.95. The molecule has 0 saturated carbocycles. The van der Waals surface area contributed by atoms with Crippen molar-refractivity contribution in [2.45, 2.75) is 26.3 Å². The normalized spacial score (nSPS) is 14.4. The highest BCUT2D eigenvalue weighted by atomic mass is 16.3. The van der Waals surface area contributed by atoms with Crippen molar-refractivity contribution >= 4 is 5.91 Å². The van der Waals surface area contributed by atoms with Crippen LogP contribution in [0, 0.1) is 0 Å². The maximum absolute atomic E-state index is 11.4. The predicted octanol–water partition coefficient (Wildman–Crippen LogP) is 1.76. The third-order valence-corrected chi connectivity index (χ3v) is 2.56. The molecule has 0 radical (unpaired) electrons. The van der Waals surface area contributed by atoms with Crippen molar-refractivity contribution in [1.82, 2.24) is 5.32 Å². The largest absolute Gasteiger partial charge is 0.508 e. The minimum atomic E-state index is -0.0854. The van der Waals surface area contributed by atoms with E-state index in [1.54, 1.807) is 6.07 Å². The smallest absolute Gasteiger partial charge is 0.252 e. The molecule has 1 aliphatic heterocycles. The molecule has 0 aromatic heterocycles. The summed E-state index contributed by atoms with van der Waals surface area (Å²) < 4.78 is 0. The van der Waals surface area contributed by atoms with Gasteiger partial charge in [-0.25, -0.2) is 0 Å². The molecule has 0 bridgehead atoms. The van der Waals surface area contributed by atoms with E-state index in [4.69, 9.17) is 0 Å². The van der Waals surface area contributed by atoms with Crippen LogP contribution in [-0.2, 0) is 6.54 Å². The van der Waals surface area contributed by atoms with Crippen molar-refractivity contribution < 1.29 is 9.90 Å². The number of hydrogen-bond donors (Lipinski definition) is 2. The molecule has 74 valence electrons. The average Bonchev–Trinajstić information content (AvgIpc) is 2.47. The van der Waals surface area contributed by atoms with Crippen LogP contribution in [0.4, 0.5) is 0 Å². The van der Waals surface area contributed by atoms with Gasteiger partial charge in [-0.2, -0.15) is 0 Å². The molecule has 2 N–H and O–H groups in total. The second kappa shape index (κ2) is 3.01. The van der Waals surface area contributed by atoms with Crippen LogP contribution in [0.25, 0.3) is 0 Å². The summed E-state index contributed by atoms with van der Waals surface area (Å²) in [5, 5.41) is 12.2. The first kappa shape index (κ1) is 9.06. The molecule has 1 aliphatic rings. The monoisotopic (exact) mass is 191 g/mol. The summed E-state index contributed by atoms with van der Waals surface area (Å²) in [4.78, 5) is 11.4. The number of nitrogens with one attached hydrogen (secondary N) is 1. The Balaban J connectivity index is 2.63. The summed E-state index contributed by atoms with van der Waals surface area (Å²) in [6.07, 6.45) is 0. The van der Waals surface area contributed by atoms with E-state index in [1.807, 2.05) is 0 Å². The Morgan fingerprint density at radius 3 is 2.79 bits per heavy atom. The quantitative estimate of drug-likeness (QED) is 0.710. The number of hydrogen-bond acceptors (Lipinski definition) is 2. The van der Waals surface area contributed by atoms with Gasteiger partial charge < -0.3 is 10.4 Å². The van der Waals surface area contributed by atoms with Crippen LogP contribution in [0.1, 0.15) is 41.3 Å². The second-order valence-electron chi connectivity index (χ2n) is 3.90. The Hall–Kier alpha value is -1.51. The van der Waals surface area contributed by atoms with Crippen molar-refractivity contribution in [1.29, 1.82) is 0 Å². The van der Waals surface area contributed by atoms with Gasteiger partial charge in [-0.1, -0.05) is 13.8 Å². The summed E-state index contributed by atoms with van der Waals surface area (Å²) in [7, 11) is 0. The number of carbonyl (C=O) groups is 1. The van der Waals surface area contributed by atoms with Gasteiger partial charge in [0.05, 0.1) is 0 Å². The molecule has 2 rings (SSSR count). The molecule has 1 amide bonds. The van der Waals surface area contributed by atoms with E-state index < -0.39 is 0 Å². The number of benzene rings is 1. The summed E-state index contributed by atoms with van der Waals surface area (Å²) in [6.45, 7) is 4.69. The van der Waals surface area contributed by atoms with Gasteiger partial charge in [0.15, 0.2) is 0 Å². The van der Waals surface area contributed by atoms with Gasteiger partial charge in [0.1, 0.15) is 5.75 Å². The highest BCUT2D eigenvalue weighted by Crippen LogP contribution is 2.30. The van der Waals surface area contributed by atoms with Gasteiger partial charge in [-0.15, -0.1) is 0 Å². The SMILES string of the molecule is CC(C)c1cc(O)cc2c1CNC2=O. The van der Waals surface area contributed by atoms with Gasteiger partial charge in [-0.3, -0.25) is 4.79 Å². The van der Waals surface area contributed by atoms with Crippen LogP contribution in [0.15, 0.2) is 12.1 Å². The van der Waals surface area contributed by atoms with Gasteiger partial charge >= 0.3 is 0 Å². The number of aromatic hydroxyl groups is 1. The van der Waals surface area contributed by atoms with E-state index in [0.29, 0.717) is 18.0 Å². The number of rotatable bonds is 1. The first-order chi connectivity index (χ1) is 6.59. The fourth-order valence-electron chi connectivity index (χ4n) is 1.86. The number of phenols is 1. The number of phenolic OH excluding ortho intramolecular Hbond substituents is 1. The van der Waals surface area contributed by atoms with E-state index in [2.05, 4.69) is 19.2 Å². The van der Waals surface area contributed by atoms with Crippen molar-refractivity contribution in [2.24, 2.45) is 0 Å². The van der Waals surface area contributed by atoms with Gasteiger partial charge in [0.2, 0.25) is 0 Å². The lowest BCUT2D eigenvalue weighted by atomic mass is 9.94. The van der Waals surface area contributed by atoms with Crippen LogP contribution in [0.5, 0.6) is 5.75 Å². The minimum Gasteiger partial charge on any atom is -0.508 e. The standard InChI is InChI=1S/C11H13NO2/c1-6(2)8-3-7(13)4-9-10(8)5-12-11(9)14/h3-4,6,13H,5H2,1-2H3,(H,12,14). The summed E-state index contributed by atoms with van der Waals surface area (Å²) >= 11 is 0. The van der Waals surface area contributed by atoms with Crippen LogP contribution in [-0.4, -0.2) is 11.0 Å². The molecular weight excluding hydrogens is 178 g/mol. The van der Waals surface area contributed by atoms with Gasteiger partial charge in [0.25, 0.3) is 5.91 Å². The maximum atomic E-state index is 11.4. The lowest BCUT2D eigenvalue weighted by molar-refractivity contribution is 0.0965. The average molecular weight is 191 g/mol. The van der Waals surface area contributed by atoms with E-state index in [0.717, 1.165) is 11.1 Å². The van der Waals surface area contributed by atoms with Crippen molar-refractivity contribution in [2.75, 3.05) is 0 Å². The van der Waals surface area contributed by atoms with Gasteiger partial charge in [-0.05, 0) is 29.2 Å². The fourth-order valence-corrected chi connectivity index (χ4v) is 1.86. The summed E-state index contributed by atoms with van der Waals surface area (Å²) in [6, 6.07) is 3.27. The van der Waals surface area contributed by atoms with Crippen molar-refractivity contribution in [3.05, 3.63) is 28.8 Å². The first-order valence-corrected chi connectivity index (χ1v) is 4.73. The highest BCUT2D eigenvalue weighted by molar-refractivity contribution is 5.99. The minimum absolute atomic E-state index is 0.0854. The molecule has 0 aliphatic carbocycles. The maximum Gasteiger partial charge on any atom is 0.252 e. The Bertz CT molecular complexity index is 397. The molecule has 0 fully saturated rings. The molecule has 14 heavy (non-hydrogen) atoms. The van der Waals surface area contributed by atoms with E-state index in [1.165, 1.54) is 6.07 Å². The lowest BCUT2D eigenvalue weighted by Crippen LogP contribution is -2.12. The molecule has 0 unspecified atom stereocenters. The molecule has 1 aromatic rings. The second-order valence-corrected chi connectivity index (χ2v) is 3.90. The zero-order valence-electron chi connectivity index (χ0n) is 8.29. The highest BCUT2D eigenvalue weighted by Gasteiger charge is 2.23. The molecule has 0 spiro atoms. The lowest BCUT2D eigenvalue weighted by Gasteiger charge is -2.10. The third-order valence-electron chi connectivity index (χ3n) is 2.56. The van der Waals surface area contributed by atoms with Crippen molar-refractivity contribution in [3.8, 4) is 5.75 Å². The Morgan fingerprint density at radius 1 is 1.43 bits per heavy atom. The molecule has 0 saturated heterocycles. The van der Waals surface area contributed by atoms with E-state index in [9.17, 15) is 9.90 Å². The molecule has 3 nitrogen and oxygen atoms in total. The number of fused-ring (bicyclic) bond motifs is 1. The van der Waals surface area contributed by atoms with Crippen LogP contribution < -0.4 is 5.32 Å². The molecule has 1 aromatic carbocycles. The first-order valence-electron chi connectivity index (χ1n) is 4.73. The predicted molar refractivity (Wildman–Crippen MR) is 53.4 cm³/mol. The van der Waals surface area contributed by atoms with Crippen LogP contribution in [0.3, 0.4) is 0 Å². The molecule has 1 heterocycles. The van der Waals surface area contributed by atoms with E-state index in [-0.39, 0.29) is 11.7 Å². The third kappa shape index (κ3) is 1.25. The van der Waals surface area contributed by atoms with Crippen LogP contribution in [0.2, 0.25) is 0 Å². The number of carbonyl (C=O) groups excluding carboxylic acids is 1. The summed E-state index contributed by atoms with van der Waals surface area (Å²) in [5.41, 5.74) is 2.70. The van der Waals surface area contributed by atoms with Gasteiger partial charge in [0, 0.05) is 12.1 Å². The number of amides is 1. The topological polar surface area (TPSA) is 49.3 Å². The van der Waals surface area contributed by atoms with E-state index >= 15 is 0 Å². The Morgan fingerprint density at radius 2 is 2.14 bits per heavy atom. The zero-order valence-corrected chi connectivity index (χ0v) is 8.29. The zero-order chi connectivity index (χ0) is 10.3.